The van der Waals surface area contributed by atoms with Gasteiger partial charge in [-0.2, -0.15) is 18.4 Å². The topological polar surface area (TPSA) is 84.1 Å². The number of nitrogens with zero attached hydrogens (tertiary/aromatic N) is 2. The van der Waals surface area contributed by atoms with E-state index >= 15 is 0 Å². The fourth-order valence-electron chi connectivity index (χ4n) is 4.98. The van der Waals surface area contributed by atoms with Gasteiger partial charge in [0, 0.05) is 12.1 Å². The number of pyridine rings is 1. The molecule has 0 radical (unpaired) electrons. The molecule has 0 spiro atoms. The summed E-state index contributed by atoms with van der Waals surface area (Å²) in [5, 5.41) is 12.4. The molecule has 226 valence electrons. The van der Waals surface area contributed by atoms with E-state index in [4.69, 9.17) is 4.74 Å². The SMILES string of the molecule is Cc1ccc(Cn2c(-c3ccc(Oc4cccc(C(=O)NCc5ccccc5)c4)cc3)cc(C(F)(F)F)c(C#N)c2=O)c(C)c1. The van der Waals surface area contributed by atoms with Gasteiger partial charge in [-0.3, -0.25) is 9.59 Å². The Morgan fingerprint density at radius 1 is 0.889 bits per heavy atom. The van der Waals surface area contributed by atoms with Crippen molar-refractivity contribution in [2.24, 2.45) is 0 Å². The Balaban J connectivity index is 1.44. The third-order valence-electron chi connectivity index (χ3n) is 7.32. The molecule has 1 N–H and O–H groups in total. The number of benzene rings is 4. The molecule has 5 rings (SSSR count). The van der Waals surface area contributed by atoms with Crippen LogP contribution in [0.2, 0.25) is 0 Å². The molecule has 1 aromatic heterocycles. The van der Waals surface area contributed by atoms with E-state index in [2.05, 4.69) is 5.32 Å². The van der Waals surface area contributed by atoms with Crippen LogP contribution in [-0.2, 0) is 19.3 Å². The summed E-state index contributed by atoms with van der Waals surface area (Å²) in [6, 6.07) is 30.2. The molecule has 1 amide bonds. The number of rotatable bonds is 8. The highest BCUT2D eigenvalue weighted by molar-refractivity contribution is 5.94. The molecule has 9 heteroatoms. The summed E-state index contributed by atoms with van der Waals surface area (Å²) in [5.74, 6) is 0.482. The van der Waals surface area contributed by atoms with E-state index in [0.29, 0.717) is 29.2 Å². The van der Waals surface area contributed by atoms with Crippen molar-refractivity contribution < 1.29 is 22.7 Å². The lowest BCUT2D eigenvalue weighted by Crippen LogP contribution is -2.29. The second kappa shape index (κ2) is 12.9. The van der Waals surface area contributed by atoms with E-state index < -0.39 is 22.9 Å². The largest absolute Gasteiger partial charge is 0.457 e. The number of ether oxygens (including phenoxy) is 1. The number of nitriles is 1. The Morgan fingerprint density at radius 2 is 1.62 bits per heavy atom. The second-order valence-corrected chi connectivity index (χ2v) is 10.6. The lowest BCUT2D eigenvalue weighted by Gasteiger charge is -2.19. The van der Waals surface area contributed by atoms with Crippen molar-refractivity contribution >= 4 is 5.91 Å². The summed E-state index contributed by atoms with van der Waals surface area (Å²) >= 11 is 0. The molecule has 5 aromatic rings. The van der Waals surface area contributed by atoms with Gasteiger partial charge in [0.05, 0.1) is 17.8 Å². The van der Waals surface area contributed by atoms with Gasteiger partial charge in [-0.05, 0) is 84.6 Å². The quantitative estimate of drug-likeness (QED) is 0.195. The molecular formula is C36H28F3N3O3. The van der Waals surface area contributed by atoms with E-state index in [1.54, 1.807) is 48.5 Å². The Morgan fingerprint density at radius 3 is 2.29 bits per heavy atom. The smallest absolute Gasteiger partial charge is 0.417 e. The first-order valence-electron chi connectivity index (χ1n) is 14.0. The molecule has 45 heavy (non-hydrogen) atoms. The van der Waals surface area contributed by atoms with Gasteiger partial charge < -0.3 is 14.6 Å². The Kier molecular flexibility index (Phi) is 8.86. The van der Waals surface area contributed by atoms with Crippen LogP contribution in [0.4, 0.5) is 13.2 Å². The number of aromatic nitrogens is 1. The molecule has 4 aromatic carbocycles. The maximum Gasteiger partial charge on any atom is 0.417 e. The fourth-order valence-corrected chi connectivity index (χ4v) is 4.98. The number of nitrogens with one attached hydrogen (secondary N) is 1. The zero-order chi connectivity index (χ0) is 32.1. The minimum absolute atomic E-state index is 0.00920. The van der Waals surface area contributed by atoms with E-state index in [0.717, 1.165) is 28.3 Å². The molecule has 0 aliphatic rings. The summed E-state index contributed by atoms with van der Waals surface area (Å²) in [5.41, 5.74) is 1.03. The van der Waals surface area contributed by atoms with E-state index in [1.807, 2.05) is 62.4 Å². The minimum Gasteiger partial charge on any atom is -0.457 e. The average Bonchev–Trinajstić information content (AvgIpc) is 3.02. The summed E-state index contributed by atoms with van der Waals surface area (Å²) in [6.07, 6.45) is -4.90. The van der Waals surface area contributed by atoms with Gasteiger partial charge in [0.15, 0.2) is 0 Å². The first-order valence-corrected chi connectivity index (χ1v) is 14.0. The van der Waals surface area contributed by atoms with Crippen LogP contribution in [0.25, 0.3) is 11.3 Å². The highest BCUT2D eigenvalue weighted by Gasteiger charge is 2.36. The predicted molar refractivity (Wildman–Crippen MR) is 165 cm³/mol. The number of carbonyl (C=O) groups excluding carboxylic acids is 1. The standard InChI is InChI=1S/C36H28F3N3O3/c1-23-11-12-28(24(2)17-23)22-42-33(19-32(36(37,38)39)31(20-40)35(42)44)26-13-15-29(16-14-26)45-30-10-6-9-27(18-30)34(43)41-21-25-7-4-3-5-8-25/h3-19H,21-22H2,1-2H3,(H,41,43). The van der Waals surface area contributed by atoms with Gasteiger partial charge in [-0.25, -0.2) is 0 Å². The summed E-state index contributed by atoms with van der Waals surface area (Å²) in [6.45, 7) is 4.12. The van der Waals surface area contributed by atoms with Crippen LogP contribution in [0.3, 0.4) is 0 Å². The summed E-state index contributed by atoms with van der Waals surface area (Å²) in [4.78, 5) is 26.1. The van der Waals surface area contributed by atoms with Gasteiger partial charge >= 0.3 is 6.18 Å². The predicted octanol–water partition coefficient (Wildman–Crippen LogP) is 7.79. The molecule has 0 saturated heterocycles. The number of carbonyl (C=O) groups is 1. The average molecular weight is 608 g/mol. The van der Waals surface area contributed by atoms with Crippen LogP contribution in [0, 0.1) is 25.2 Å². The van der Waals surface area contributed by atoms with Crippen LogP contribution < -0.4 is 15.6 Å². The highest BCUT2D eigenvalue weighted by atomic mass is 19.4. The normalized spacial score (nSPS) is 11.1. The van der Waals surface area contributed by atoms with Gasteiger partial charge in [0.2, 0.25) is 0 Å². The Hall–Kier alpha value is -5.62. The molecule has 0 bridgehead atoms. The van der Waals surface area contributed by atoms with Crippen LogP contribution in [0.5, 0.6) is 11.5 Å². The van der Waals surface area contributed by atoms with Crippen molar-refractivity contribution in [1.29, 1.82) is 5.26 Å². The van der Waals surface area contributed by atoms with Crippen molar-refractivity contribution in [1.82, 2.24) is 9.88 Å². The van der Waals surface area contributed by atoms with Crippen molar-refractivity contribution in [2.45, 2.75) is 33.1 Å². The van der Waals surface area contributed by atoms with Gasteiger partial charge in [0.25, 0.3) is 11.5 Å². The third-order valence-corrected chi connectivity index (χ3v) is 7.32. The number of alkyl halides is 3. The van der Waals surface area contributed by atoms with Crippen molar-refractivity contribution in [2.75, 3.05) is 0 Å². The maximum absolute atomic E-state index is 14.0. The molecule has 0 aliphatic heterocycles. The summed E-state index contributed by atoms with van der Waals surface area (Å²) < 4.78 is 49.0. The highest BCUT2D eigenvalue weighted by Crippen LogP contribution is 2.34. The monoisotopic (exact) mass is 607 g/mol. The molecule has 0 aliphatic carbocycles. The number of amides is 1. The summed E-state index contributed by atoms with van der Waals surface area (Å²) in [7, 11) is 0. The van der Waals surface area contributed by atoms with Crippen LogP contribution >= 0.6 is 0 Å². The molecular weight excluding hydrogens is 579 g/mol. The van der Waals surface area contributed by atoms with E-state index in [9.17, 15) is 28.0 Å². The van der Waals surface area contributed by atoms with Gasteiger partial charge in [-0.15, -0.1) is 0 Å². The second-order valence-electron chi connectivity index (χ2n) is 10.6. The van der Waals surface area contributed by atoms with Gasteiger partial charge in [-0.1, -0.05) is 60.2 Å². The zero-order valence-electron chi connectivity index (χ0n) is 24.5. The zero-order valence-corrected chi connectivity index (χ0v) is 24.5. The fraction of sp³-hybridized carbons (Fsp3) is 0.139. The number of aryl methyl sites for hydroxylation is 2. The molecule has 1 heterocycles. The van der Waals surface area contributed by atoms with Crippen molar-refractivity contribution in [3.63, 3.8) is 0 Å². The van der Waals surface area contributed by atoms with Crippen molar-refractivity contribution in [3.05, 3.63) is 152 Å². The lowest BCUT2D eigenvalue weighted by atomic mass is 10.0. The van der Waals surface area contributed by atoms with E-state index in [1.165, 1.54) is 10.6 Å². The van der Waals surface area contributed by atoms with Crippen LogP contribution in [0.1, 0.15) is 43.7 Å². The molecule has 0 saturated carbocycles. The molecule has 0 fully saturated rings. The van der Waals surface area contributed by atoms with Crippen molar-refractivity contribution in [3.8, 4) is 28.8 Å². The maximum atomic E-state index is 14.0. The number of hydrogen-bond donors (Lipinski definition) is 1. The first kappa shape index (κ1) is 30.8. The number of hydrogen-bond acceptors (Lipinski definition) is 4. The van der Waals surface area contributed by atoms with Gasteiger partial charge in [0.1, 0.15) is 23.1 Å². The third kappa shape index (κ3) is 7.13. The van der Waals surface area contributed by atoms with E-state index in [-0.39, 0.29) is 18.1 Å². The Bertz CT molecular complexity index is 1960. The molecule has 0 unspecified atom stereocenters. The lowest BCUT2D eigenvalue weighted by molar-refractivity contribution is -0.137. The molecule has 0 atom stereocenters. The van der Waals surface area contributed by atoms with Crippen LogP contribution in [-0.4, -0.2) is 10.5 Å². The molecule has 6 nitrogen and oxygen atoms in total. The Labute approximate surface area is 258 Å². The minimum atomic E-state index is -4.90. The first-order chi connectivity index (χ1) is 21.5. The number of halogens is 3. The van der Waals surface area contributed by atoms with Crippen LogP contribution in [0.15, 0.2) is 108 Å².